The number of thiazole rings is 2. The summed E-state index contributed by atoms with van der Waals surface area (Å²) in [5, 5.41) is 4.85. The average Bonchev–Trinajstić information content (AvgIpc) is 2.92. The fraction of sp³-hybridized carbons (Fsp3) is 0.571. The molecule has 0 aliphatic carbocycles. The maximum Gasteiger partial charge on any atom is 0.0950 e. The lowest BCUT2D eigenvalue weighted by Crippen LogP contribution is -2.24. The molecular formula is C14H21N3S2. The molecule has 0 spiro atoms. The van der Waals surface area contributed by atoms with Crippen molar-refractivity contribution < 1.29 is 0 Å². The molecule has 0 bridgehead atoms. The summed E-state index contributed by atoms with van der Waals surface area (Å²) >= 11 is 3.55. The molecule has 2 heterocycles. The first-order valence-electron chi connectivity index (χ1n) is 6.68. The second kappa shape index (κ2) is 6.59. The molecule has 0 aliphatic heterocycles. The molecule has 0 radical (unpaired) electrons. The molecule has 0 saturated carbocycles. The van der Waals surface area contributed by atoms with E-state index in [1.54, 1.807) is 11.3 Å². The summed E-state index contributed by atoms with van der Waals surface area (Å²) in [6.07, 6.45) is 2.10. The van der Waals surface area contributed by atoms with Gasteiger partial charge in [0, 0.05) is 22.2 Å². The van der Waals surface area contributed by atoms with Gasteiger partial charge in [0.25, 0.3) is 0 Å². The Balaban J connectivity index is 2.16. The molecule has 2 aromatic rings. The number of rotatable bonds is 6. The summed E-state index contributed by atoms with van der Waals surface area (Å²) in [6.45, 7) is 9.54. The van der Waals surface area contributed by atoms with Crippen LogP contribution in [0.25, 0.3) is 0 Å². The zero-order valence-corrected chi connectivity index (χ0v) is 13.6. The van der Waals surface area contributed by atoms with Gasteiger partial charge in [0.15, 0.2) is 0 Å². The molecule has 1 atom stereocenters. The highest BCUT2D eigenvalue weighted by Crippen LogP contribution is 2.27. The molecule has 0 aliphatic rings. The summed E-state index contributed by atoms with van der Waals surface area (Å²) < 4.78 is 0. The quantitative estimate of drug-likeness (QED) is 0.880. The van der Waals surface area contributed by atoms with Gasteiger partial charge in [0.05, 0.1) is 21.9 Å². The second-order valence-electron chi connectivity index (χ2n) is 4.76. The van der Waals surface area contributed by atoms with Crippen LogP contribution in [0, 0.1) is 20.8 Å². The number of aryl methyl sites for hydroxylation is 3. The van der Waals surface area contributed by atoms with E-state index in [0.717, 1.165) is 30.8 Å². The fourth-order valence-electron chi connectivity index (χ4n) is 2.02. The van der Waals surface area contributed by atoms with Crippen molar-refractivity contribution in [3.63, 3.8) is 0 Å². The molecule has 0 fully saturated rings. The highest BCUT2D eigenvalue weighted by atomic mass is 32.1. The largest absolute Gasteiger partial charge is 0.309 e. The van der Waals surface area contributed by atoms with Gasteiger partial charge in [0.1, 0.15) is 0 Å². The van der Waals surface area contributed by atoms with E-state index >= 15 is 0 Å². The van der Waals surface area contributed by atoms with Crippen LogP contribution >= 0.6 is 22.7 Å². The van der Waals surface area contributed by atoms with Crippen molar-refractivity contribution in [2.24, 2.45) is 0 Å². The molecular weight excluding hydrogens is 274 g/mol. The second-order valence-corrected chi connectivity index (χ2v) is 6.94. The van der Waals surface area contributed by atoms with Gasteiger partial charge in [0.2, 0.25) is 0 Å². The molecule has 0 saturated heterocycles. The lowest BCUT2D eigenvalue weighted by molar-refractivity contribution is 0.532. The van der Waals surface area contributed by atoms with Gasteiger partial charge >= 0.3 is 0 Å². The SMILES string of the molecule is CCCNC(Cc1nc(C)c(C)s1)c1scnc1C. The Morgan fingerprint density at radius 3 is 2.58 bits per heavy atom. The molecule has 2 aromatic heterocycles. The summed E-state index contributed by atoms with van der Waals surface area (Å²) in [6, 6.07) is 0.345. The van der Waals surface area contributed by atoms with E-state index in [9.17, 15) is 0 Å². The third-order valence-electron chi connectivity index (χ3n) is 3.19. The van der Waals surface area contributed by atoms with E-state index in [1.807, 2.05) is 16.8 Å². The first-order valence-corrected chi connectivity index (χ1v) is 8.37. The van der Waals surface area contributed by atoms with E-state index < -0.39 is 0 Å². The molecule has 2 rings (SSSR count). The molecule has 0 amide bonds. The molecule has 19 heavy (non-hydrogen) atoms. The van der Waals surface area contributed by atoms with E-state index in [2.05, 4.69) is 43.0 Å². The molecule has 5 heteroatoms. The zero-order chi connectivity index (χ0) is 13.8. The minimum atomic E-state index is 0.345. The van der Waals surface area contributed by atoms with Crippen LogP contribution in [0.2, 0.25) is 0 Å². The van der Waals surface area contributed by atoms with Gasteiger partial charge in [-0.1, -0.05) is 6.92 Å². The minimum Gasteiger partial charge on any atom is -0.309 e. The van der Waals surface area contributed by atoms with Crippen LogP contribution in [0.15, 0.2) is 5.51 Å². The van der Waals surface area contributed by atoms with Crippen molar-refractivity contribution in [3.05, 3.63) is 31.7 Å². The Labute approximate surface area is 123 Å². The standard InChI is InChI=1S/C14H21N3S2/c1-5-6-15-12(14-10(3)16-8-18-14)7-13-17-9(2)11(4)19-13/h8,12,15H,5-7H2,1-4H3. The average molecular weight is 295 g/mol. The number of hydrogen-bond acceptors (Lipinski definition) is 5. The van der Waals surface area contributed by atoms with Crippen molar-refractivity contribution >= 4 is 22.7 Å². The normalized spacial score (nSPS) is 12.8. The smallest absolute Gasteiger partial charge is 0.0950 e. The Hall–Kier alpha value is -0.780. The van der Waals surface area contributed by atoms with Gasteiger partial charge in [-0.3, -0.25) is 0 Å². The Kier molecular flexibility index (Phi) is 5.07. The molecule has 1 N–H and O–H groups in total. The number of aromatic nitrogens is 2. The van der Waals surface area contributed by atoms with Crippen LogP contribution in [-0.4, -0.2) is 16.5 Å². The maximum absolute atomic E-state index is 4.66. The number of nitrogens with one attached hydrogen (secondary N) is 1. The van der Waals surface area contributed by atoms with E-state index in [1.165, 1.54) is 14.8 Å². The van der Waals surface area contributed by atoms with Crippen molar-refractivity contribution in [1.29, 1.82) is 0 Å². The van der Waals surface area contributed by atoms with Crippen molar-refractivity contribution in [2.75, 3.05) is 6.54 Å². The van der Waals surface area contributed by atoms with Gasteiger partial charge in [-0.05, 0) is 33.7 Å². The fourth-order valence-corrected chi connectivity index (χ4v) is 3.88. The van der Waals surface area contributed by atoms with E-state index in [4.69, 9.17) is 0 Å². The summed E-state index contributed by atoms with van der Waals surface area (Å²) in [7, 11) is 0. The van der Waals surface area contributed by atoms with Gasteiger partial charge in [-0.2, -0.15) is 0 Å². The van der Waals surface area contributed by atoms with Crippen LogP contribution in [0.5, 0.6) is 0 Å². The Morgan fingerprint density at radius 1 is 1.26 bits per heavy atom. The van der Waals surface area contributed by atoms with E-state index in [-0.39, 0.29) is 0 Å². The first kappa shape index (κ1) is 14.6. The lowest BCUT2D eigenvalue weighted by Gasteiger charge is -2.16. The highest BCUT2D eigenvalue weighted by Gasteiger charge is 2.18. The van der Waals surface area contributed by atoms with Crippen LogP contribution < -0.4 is 5.32 Å². The number of nitrogens with zero attached hydrogens (tertiary/aromatic N) is 2. The zero-order valence-electron chi connectivity index (χ0n) is 12.0. The maximum atomic E-state index is 4.66. The van der Waals surface area contributed by atoms with Crippen molar-refractivity contribution in [3.8, 4) is 0 Å². The molecule has 1 unspecified atom stereocenters. The summed E-state index contributed by atoms with van der Waals surface area (Å²) in [4.78, 5) is 11.7. The van der Waals surface area contributed by atoms with Gasteiger partial charge in [-0.25, -0.2) is 9.97 Å². The van der Waals surface area contributed by atoms with Gasteiger partial charge < -0.3 is 5.32 Å². The first-order chi connectivity index (χ1) is 9.11. The Morgan fingerprint density at radius 2 is 2.05 bits per heavy atom. The predicted octanol–water partition coefficient (Wildman–Crippen LogP) is 3.81. The summed E-state index contributed by atoms with van der Waals surface area (Å²) in [5.41, 5.74) is 4.24. The lowest BCUT2D eigenvalue weighted by atomic mass is 10.1. The molecule has 104 valence electrons. The molecule has 3 nitrogen and oxygen atoms in total. The Bertz CT molecular complexity index is 511. The number of hydrogen-bond donors (Lipinski definition) is 1. The third kappa shape index (κ3) is 3.61. The van der Waals surface area contributed by atoms with Gasteiger partial charge in [-0.15, -0.1) is 22.7 Å². The minimum absolute atomic E-state index is 0.345. The van der Waals surface area contributed by atoms with Crippen molar-refractivity contribution in [2.45, 2.75) is 46.6 Å². The van der Waals surface area contributed by atoms with Crippen LogP contribution in [0.3, 0.4) is 0 Å². The topological polar surface area (TPSA) is 37.8 Å². The van der Waals surface area contributed by atoms with Crippen LogP contribution in [0.4, 0.5) is 0 Å². The predicted molar refractivity (Wildman–Crippen MR) is 83.2 cm³/mol. The van der Waals surface area contributed by atoms with E-state index in [0.29, 0.717) is 6.04 Å². The molecule has 0 aromatic carbocycles. The monoisotopic (exact) mass is 295 g/mol. The van der Waals surface area contributed by atoms with Crippen LogP contribution in [-0.2, 0) is 6.42 Å². The third-order valence-corrected chi connectivity index (χ3v) is 5.33. The summed E-state index contributed by atoms with van der Waals surface area (Å²) in [5.74, 6) is 0. The van der Waals surface area contributed by atoms with Crippen LogP contribution in [0.1, 0.15) is 45.5 Å². The van der Waals surface area contributed by atoms with Crippen molar-refractivity contribution in [1.82, 2.24) is 15.3 Å². The highest BCUT2D eigenvalue weighted by molar-refractivity contribution is 7.11.